The third kappa shape index (κ3) is 7.36. The summed E-state index contributed by atoms with van der Waals surface area (Å²) in [6.07, 6.45) is 0.309. The molecule has 6 nitrogen and oxygen atoms in total. The van der Waals surface area contributed by atoms with Crippen LogP contribution >= 0.6 is 23.2 Å². The highest BCUT2D eigenvalue weighted by molar-refractivity contribution is 7.88. The average molecular weight is 397 g/mol. The molecular formula is C15H22Cl2N2O4S. The van der Waals surface area contributed by atoms with Crippen LogP contribution in [0.5, 0.6) is 0 Å². The van der Waals surface area contributed by atoms with Gasteiger partial charge in [0, 0.05) is 22.2 Å². The van der Waals surface area contributed by atoms with Crippen molar-refractivity contribution in [1.29, 1.82) is 0 Å². The average Bonchev–Trinajstić information content (AvgIpc) is 2.41. The Morgan fingerprint density at radius 1 is 1.29 bits per heavy atom. The molecule has 136 valence electrons. The Bertz CT molecular complexity index is 680. The van der Waals surface area contributed by atoms with Gasteiger partial charge < -0.3 is 10.4 Å². The number of hydrogen-bond donors (Lipinski definition) is 3. The molecule has 1 rings (SSSR count). The highest BCUT2D eigenvalue weighted by Gasteiger charge is 2.24. The van der Waals surface area contributed by atoms with E-state index in [0.29, 0.717) is 17.0 Å². The van der Waals surface area contributed by atoms with Gasteiger partial charge in [-0.05, 0) is 24.5 Å². The maximum atomic E-state index is 12.2. The van der Waals surface area contributed by atoms with Gasteiger partial charge in [-0.3, -0.25) is 4.79 Å². The molecule has 0 bridgehead atoms. The summed E-state index contributed by atoms with van der Waals surface area (Å²) in [7, 11) is -3.53. The molecule has 24 heavy (non-hydrogen) atoms. The van der Waals surface area contributed by atoms with Crippen LogP contribution in [0.25, 0.3) is 0 Å². The number of benzene rings is 1. The van der Waals surface area contributed by atoms with Gasteiger partial charge in [0.25, 0.3) is 0 Å². The van der Waals surface area contributed by atoms with Crippen LogP contribution in [0.2, 0.25) is 10.0 Å². The van der Waals surface area contributed by atoms with Crippen LogP contribution in [0.1, 0.15) is 31.9 Å². The van der Waals surface area contributed by atoms with E-state index in [1.165, 1.54) is 6.07 Å². The van der Waals surface area contributed by atoms with E-state index in [2.05, 4.69) is 10.0 Å². The first kappa shape index (κ1) is 21.2. The monoisotopic (exact) mass is 396 g/mol. The Hall–Kier alpha value is -0.860. The molecule has 3 N–H and O–H groups in total. The number of hydrogen-bond acceptors (Lipinski definition) is 4. The fourth-order valence-corrected chi connectivity index (χ4v) is 3.40. The van der Waals surface area contributed by atoms with Crippen LogP contribution in [0.4, 0.5) is 0 Å². The van der Waals surface area contributed by atoms with Crippen molar-refractivity contribution < 1.29 is 18.3 Å². The van der Waals surface area contributed by atoms with E-state index in [9.17, 15) is 18.3 Å². The second-order valence-electron chi connectivity index (χ2n) is 6.00. The smallest absolute Gasteiger partial charge is 0.238 e. The maximum absolute atomic E-state index is 12.2. The maximum Gasteiger partial charge on any atom is 0.238 e. The van der Waals surface area contributed by atoms with Crippen molar-refractivity contribution in [3.8, 4) is 0 Å². The van der Waals surface area contributed by atoms with E-state index in [-0.39, 0.29) is 17.5 Å². The van der Waals surface area contributed by atoms with Gasteiger partial charge in [-0.1, -0.05) is 43.1 Å². The molecule has 0 fully saturated rings. The quantitative estimate of drug-likeness (QED) is 0.626. The molecule has 0 heterocycles. The molecular weight excluding hydrogens is 375 g/mol. The number of sulfonamides is 1. The van der Waals surface area contributed by atoms with Gasteiger partial charge in [-0.25, -0.2) is 13.1 Å². The first-order valence-corrected chi connectivity index (χ1v) is 10.0. The highest BCUT2D eigenvalue weighted by atomic mass is 35.5. The van der Waals surface area contributed by atoms with Gasteiger partial charge in [0.2, 0.25) is 15.9 Å². The van der Waals surface area contributed by atoms with E-state index in [1.807, 2.05) is 13.8 Å². The SMILES string of the molecule is CC(C)CC(NS(C)(=O)=O)C(=O)NCC(O)c1ccc(Cl)cc1Cl. The molecule has 0 aromatic heterocycles. The Balaban J connectivity index is 2.73. The highest BCUT2D eigenvalue weighted by Crippen LogP contribution is 2.25. The lowest BCUT2D eigenvalue weighted by molar-refractivity contribution is -0.123. The Morgan fingerprint density at radius 3 is 2.42 bits per heavy atom. The van der Waals surface area contributed by atoms with Crippen molar-refractivity contribution in [3.05, 3.63) is 33.8 Å². The summed E-state index contributed by atoms with van der Waals surface area (Å²) in [4.78, 5) is 12.2. The zero-order valence-corrected chi connectivity index (χ0v) is 16.0. The second-order valence-corrected chi connectivity index (χ2v) is 8.62. The number of carbonyl (C=O) groups excluding carboxylic acids is 1. The van der Waals surface area contributed by atoms with Gasteiger partial charge in [-0.15, -0.1) is 0 Å². The number of carbonyl (C=O) groups is 1. The summed E-state index contributed by atoms with van der Waals surface area (Å²) in [5.41, 5.74) is 0.429. The number of amides is 1. The van der Waals surface area contributed by atoms with Crippen molar-refractivity contribution in [2.45, 2.75) is 32.4 Å². The Morgan fingerprint density at radius 2 is 1.92 bits per heavy atom. The zero-order valence-electron chi connectivity index (χ0n) is 13.7. The lowest BCUT2D eigenvalue weighted by Gasteiger charge is -2.20. The minimum absolute atomic E-state index is 0.0970. The van der Waals surface area contributed by atoms with Gasteiger partial charge in [0.05, 0.1) is 12.4 Å². The molecule has 0 aliphatic heterocycles. The van der Waals surface area contributed by atoms with Crippen LogP contribution in [0.15, 0.2) is 18.2 Å². The summed E-state index contributed by atoms with van der Waals surface area (Å²) < 4.78 is 25.1. The molecule has 9 heteroatoms. The van der Waals surface area contributed by atoms with Gasteiger partial charge in [0.1, 0.15) is 6.04 Å². The molecule has 1 aromatic carbocycles. The van der Waals surface area contributed by atoms with Crippen molar-refractivity contribution >= 4 is 39.1 Å². The van der Waals surface area contributed by atoms with Gasteiger partial charge in [-0.2, -0.15) is 0 Å². The third-order valence-corrected chi connectivity index (χ3v) is 4.45. The van der Waals surface area contributed by atoms with E-state index in [1.54, 1.807) is 12.1 Å². The van der Waals surface area contributed by atoms with Crippen LogP contribution < -0.4 is 10.0 Å². The lowest BCUT2D eigenvalue weighted by atomic mass is 10.0. The first-order valence-electron chi connectivity index (χ1n) is 7.37. The number of halogens is 2. The summed E-state index contributed by atoms with van der Waals surface area (Å²) in [5, 5.41) is 13.4. The van der Waals surface area contributed by atoms with E-state index in [4.69, 9.17) is 23.2 Å². The lowest BCUT2D eigenvalue weighted by Crippen LogP contribution is -2.47. The Labute approximate surface area is 152 Å². The van der Waals surface area contributed by atoms with E-state index >= 15 is 0 Å². The molecule has 0 aliphatic rings. The predicted octanol–water partition coefficient (Wildman–Crippen LogP) is 2.11. The number of aliphatic hydroxyl groups is 1. The molecule has 1 aromatic rings. The fourth-order valence-electron chi connectivity index (χ4n) is 2.14. The van der Waals surface area contributed by atoms with E-state index < -0.39 is 28.1 Å². The molecule has 0 saturated heterocycles. The molecule has 0 spiro atoms. The van der Waals surface area contributed by atoms with Crippen LogP contribution in [-0.4, -0.2) is 38.3 Å². The topological polar surface area (TPSA) is 95.5 Å². The minimum atomic E-state index is -3.53. The standard InChI is InChI=1S/C15H22Cl2N2O4S/c1-9(2)6-13(19-24(3,22)23)15(21)18-8-14(20)11-5-4-10(16)7-12(11)17/h4-5,7,9,13-14,19-20H,6,8H2,1-3H3,(H,18,21). The number of rotatable bonds is 8. The van der Waals surface area contributed by atoms with Crippen LogP contribution in [0, 0.1) is 5.92 Å². The molecule has 0 radical (unpaired) electrons. The molecule has 2 unspecified atom stereocenters. The zero-order chi connectivity index (χ0) is 18.5. The largest absolute Gasteiger partial charge is 0.387 e. The Kier molecular flexibility index (Phi) is 7.95. The van der Waals surface area contributed by atoms with Crippen molar-refractivity contribution in [2.24, 2.45) is 5.92 Å². The fraction of sp³-hybridized carbons (Fsp3) is 0.533. The number of aliphatic hydroxyl groups excluding tert-OH is 1. The van der Waals surface area contributed by atoms with Crippen molar-refractivity contribution in [2.75, 3.05) is 12.8 Å². The molecule has 0 saturated carbocycles. The second kappa shape index (κ2) is 9.01. The molecule has 1 amide bonds. The van der Waals surface area contributed by atoms with Gasteiger partial charge in [0.15, 0.2) is 0 Å². The minimum Gasteiger partial charge on any atom is -0.387 e. The summed E-state index contributed by atoms with van der Waals surface area (Å²) in [5.74, 6) is -0.385. The first-order chi connectivity index (χ1) is 11.0. The van der Waals surface area contributed by atoms with Gasteiger partial charge >= 0.3 is 0 Å². The van der Waals surface area contributed by atoms with Crippen molar-refractivity contribution in [3.63, 3.8) is 0 Å². The number of nitrogens with one attached hydrogen (secondary N) is 2. The summed E-state index contributed by atoms with van der Waals surface area (Å²) >= 11 is 11.8. The van der Waals surface area contributed by atoms with Crippen molar-refractivity contribution in [1.82, 2.24) is 10.0 Å². The molecule has 0 aliphatic carbocycles. The summed E-state index contributed by atoms with van der Waals surface area (Å²) in [6.45, 7) is 3.67. The summed E-state index contributed by atoms with van der Waals surface area (Å²) in [6, 6.07) is 3.76. The molecule has 2 atom stereocenters. The van der Waals surface area contributed by atoms with Crippen LogP contribution in [0.3, 0.4) is 0 Å². The third-order valence-electron chi connectivity index (χ3n) is 3.17. The van der Waals surface area contributed by atoms with Crippen LogP contribution in [-0.2, 0) is 14.8 Å². The predicted molar refractivity (Wildman–Crippen MR) is 95.7 cm³/mol. The normalized spacial score (nSPS) is 14.5. The van der Waals surface area contributed by atoms with E-state index in [0.717, 1.165) is 6.26 Å².